The third kappa shape index (κ3) is 3.18. The molecule has 2 aromatic rings. The van der Waals surface area contributed by atoms with Crippen LogP contribution in [0.25, 0.3) is 10.9 Å². The second-order valence-corrected chi connectivity index (χ2v) is 5.97. The molecule has 3 nitrogen and oxygen atoms in total. The largest absolute Gasteiger partial charge is 0.380 e. The Morgan fingerprint density at radius 1 is 1.10 bits per heavy atom. The lowest BCUT2D eigenvalue weighted by atomic mass is 10.1. The number of hydrogen-bond donors (Lipinski definition) is 0. The molecular formula is C18H24N2O. The van der Waals surface area contributed by atoms with Gasteiger partial charge in [-0.05, 0) is 37.5 Å². The lowest BCUT2D eigenvalue weighted by Crippen LogP contribution is -2.24. The van der Waals surface area contributed by atoms with Crippen molar-refractivity contribution in [3.63, 3.8) is 0 Å². The molecule has 0 amide bonds. The summed E-state index contributed by atoms with van der Waals surface area (Å²) in [5, 5.41) is 1.27. The summed E-state index contributed by atoms with van der Waals surface area (Å²) in [4.78, 5) is 7.26. The van der Waals surface area contributed by atoms with Crippen LogP contribution in [0.4, 0.5) is 5.69 Å². The van der Waals surface area contributed by atoms with Gasteiger partial charge in [0.05, 0.1) is 12.1 Å². The van der Waals surface area contributed by atoms with E-state index in [0.717, 1.165) is 11.2 Å². The Balaban J connectivity index is 2.04. The minimum atomic E-state index is 0.643. The van der Waals surface area contributed by atoms with E-state index in [4.69, 9.17) is 9.72 Å². The van der Waals surface area contributed by atoms with Crippen molar-refractivity contribution in [1.82, 2.24) is 4.98 Å². The van der Waals surface area contributed by atoms with E-state index < -0.39 is 0 Å². The maximum absolute atomic E-state index is 5.23. The van der Waals surface area contributed by atoms with E-state index >= 15 is 0 Å². The molecule has 0 N–H and O–H groups in total. The molecule has 0 radical (unpaired) electrons. The van der Waals surface area contributed by atoms with Crippen LogP contribution < -0.4 is 4.90 Å². The summed E-state index contributed by atoms with van der Waals surface area (Å²) in [5.74, 6) is 0. The third-order valence-corrected chi connectivity index (χ3v) is 4.24. The average Bonchev–Trinajstić information content (AvgIpc) is 2.75. The first-order valence-electron chi connectivity index (χ1n) is 7.92. The van der Waals surface area contributed by atoms with Gasteiger partial charge in [-0.15, -0.1) is 0 Å². The molecule has 21 heavy (non-hydrogen) atoms. The summed E-state index contributed by atoms with van der Waals surface area (Å²) in [6.45, 7) is 5.06. The van der Waals surface area contributed by atoms with Crippen LogP contribution in [0.5, 0.6) is 0 Å². The van der Waals surface area contributed by atoms with Gasteiger partial charge in [0.2, 0.25) is 0 Å². The van der Waals surface area contributed by atoms with Crippen LogP contribution in [0.15, 0.2) is 24.3 Å². The monoisotopic (exact) mass is 284 g/mol. The Hall–Kier alpha value is -1.61. The number of benzene rings is 1. The van der Waals surface area contributed by atoms with Gasteiger partial charge >= 0.3 is 0 Å². The summed E-state index contributed by atoms with van der Waals surface area (Å²) in [6, 6.07) is 8.76. The summed E-state index contributed by atoms with van der Waals surface area (Å²) < 4.78 is 5.23. The minimum Gasteiger partial charge on any atom is -0.380 e. The molecule has 3 rings (SSSR count). The van der Waals surface area contributed by atoms with E-state index in [0.29, 0.717) is 6.61 Å². The molecular weight excluding hydrogens is 260 g/mol. The summed E-state index contributed by atoms with van der Waals surface area (Å²) in [5.41, 5.74) is 4.72. The molecule has 1 aliphatic rings. The third-order valence-electron chi connectivity index (χ3n) is 4.24. The number of fused-ring (bicyclic) bond motifs is 1. The summed E-state index contributed by atoms with van der Waals surface area (Å²) in [6.07, 6.45) is 5.31. The first-order valence-corrected chi connectivity index (χ1v) is 7.92. The number of anilines is 1. The predicted molar refractivity (Wildman–Crippen MR) is 87.9 cm³/mol. The number of pyridine rings is 1. The highest BCUT2D eigenvalue weighted by Gasteiger charge is 2.14. The van der Waals surface area contributed by atoms with Crippen LogP contribution in [0.1, 0.15) is 36.9 Å². The van der Waals surface area contributed by atoms with Gasteiger partial charge in [0, 0.05) is 37.0 Å². The minimum absolute atomic E-state index is 0.643. The van der Waals surface area contributed by atoms with Crippen LogP contribution in [0.2, 0.25) is 0 Å². The lowest BCUT2D eigenvalue weighted by molar-refractivity contribution is 0.185. The molecule has 1 aromatic heterocycles. The van der Waals surface area contributed by atoms with Gasteiger partial charge in [0.15, 0.2) is 0 Å². The number of methoxy groups -OCH3 is 1. The van der Waals surface area contributed by atoms with Crippen molar-refractivity contribution < 1.29 is 4.74 Å². The van der Waals surface area contributed by atoms with E-state index in [1.807, 2.05) is 0 Å². The number of rotatable bonds is 3. The van der Waals surface area contributed by atoms with E-state index in [9.17, 15) is 0 Å². The first kappa shape index (κ1) is 14.3. The Kier molecular flexibility index (Phi) is 4.39. The number of hydrogen-bond acceptors (Lipinski definition) is 3. The standard InChI is InChI=1S/C18H24N2O/c1-14-11-18(20-9-5-3-4-6-10-20)16-8-7-15(13-21-2)12-17(16)19-14/h7-8,11-12H,3-6,9-10,13H2,1-2H3. The highest BCUT2D eigenvalue weighted by atomic mass is 16.5. The molecule has 1 saturated heterocycles. The predicted octanol–water partition coefficient (Wildman–Crippen LogP) is 4.07. The van der Waals surface area contributed by atoms with E-state index in [-0.39, 0.29) is 0 Å². The fraction of sp³-hybridized carbons (Fsp3) is 0.500. The van der Waals surface area contributed by atoms with Crippen LogP contribution in [-0.4, -0.2) is 25.2 Å². The molecule has 2 heterocycles. The molecule has 1 aromatic carbocycles. The quantitative estimate of drug-likeness (QED) is 0.849. The van der Waals surface area contributed by atoms with Crippen LogP contribution in [0.3, 0.4) is 0 Å². The molecule has 0 saturated carbocycles. The Morgan fingerprint density at radius 3 is 2.57 bits per heavy atom. The molecule has 1 aliphatic heterocycles. The van der Waals surface area contributed by atoms with E-state index in [1.54, 1.807) is 7.11 Å². The van der Waals surface area contributed by atoms with Gasteiger partial charge in [0.1, 0.15) is 0 Å². The van der Waals surface area contributed by atoms with Gasteiger partial charge in [-0.3, -0.25) is 4.98 Å². The molecule has 3 heteroatoms. The zero-order valence-corrected chi connectivity index (χ0v) is 13.1. The summed E-state index contributed by atoms with van der Waals surface area (Å²) in [7, 11) is 1.73. The van der Waals surface area contributed by atoms with Crippen molar-refractivity contribution in [2.75, 3.05) is 25.1 Å². The lowest BCUT2D eigenvalue weighted by Gasteiger charge is -2.24. The van der Waals surface area contributed by atoms with Crippen LogP contribution >= 0.6 is 0 Å². The summed E-state index contributed by atoms with van der Waals surface area (Å²) >= 11 is 0. The van der Waals surface area contributed by atoms with Crippen LogP contribution in [0, 0.1) is 6.92 Å². The zero-order chi connectivity index (χ0) is 14.7. The molecule has 0 atom stereocenters. The molecule has 0 bridgehead atoms. The zero-order valence-electron chi connectivity index (χ0n) is 13.1. The van der Waals surface area contributed by atoms with Gasteiger partial charge in [-0.1, -0.05) is 25.0 Å². The highest BCUT2D eigenvalue weighted by Crippen LogP contribution is 2.29. The number of aromatic nitrogens is 1. The van der Waals surface area contributed by atoms with Crippen molar-refractivity contribution in [1.29, 1.82) is 0 Å². The number of aryl methyl sites for hydroxylation is 1. The fourth-order valence-corrected chi connectivity index (χ4v) is 3.21. The second kappa shape index (κ2) is 6.44. The van der Waals surface area contributed by atoms with E-state index in [1.165, 1.54) is 55.4 Å². The number of ether oxygens (including phenoxy) is 1. The normalized spacial score (nSPS) is 16.2. The van der Waals surface area contributed by atoms with Crippen molar-refractivity contribution in [2.45, 2.75) is 39.2 Å². The van der Waals surface area contributed by atoms with Crippen LogP contribution in [-0.2, 0) is 11.3 Å². The molecule has 112 valence electrons. The fourth-order valence-electron chi connectivity index (χ4n) is 3.21. The van der Waals surface area contributed by atoms with Crippen molar-refractivity contribution in [3.8, 4) is 0 Å². The van der Waals surface area contributed by atoms with Crippen molar-refractivity contribution in [3.05, 3.63) is 35.5 Å². The second-order valence-electron chi connectivity index (χ2n) is 5.97. The molecule has 0 spiro atoms. The average molecular weight is 284 g/mol. The highest BCUT2D eigenvalue weighted by molar-refractivity contribution is 5.92. The smallest absolute Gasteiger partial charge is 0.0729 e. The van der Waals surface area contributed by atoms with E-state index in [2.05, 4.69) is 36.1 Å². The molecule has 0 unspecified atom stereocenters. The van der Waals surface area contributed by atoms with Gasteiger partial charge in [-0.2, -0.15) is 0 Å². The van der Waals surface area contributed by atoms with Crippen molar-refractivity contribution in [2.24, 2.45) is 0 Å². The topological polar surface area (TPSA) is 25.4 Å². The Bertz CT molecular complexity index is 616. The number of nitrogens with zero attached hydrogens (tertiary/aromatic N) is 2. The maximum atomic E-state index is 5.23. The molecule has 0 aliphatic carbocycles. The first-order chi connectivity index (χ1) is 10.3. The molecule has 1 fully saturated rings. The Labute approximate surface area is 126 Å². The van der Waals surface area contributed by atoms with Gasteiger partial charge in [-0.25, -0.2) is 0 Å². The Morgan fingerprint density at radius 2 is 1.86 bits per heavy atom. The maximum Gasteiger partial charge on any atom is 0.0729 e. The van der Waals surface area contributed by atoms with Gasteiger partial charge in [0.25, 0.3) is 0 Å². The van der Waals surface area contributed by atoms with Crippen molar-refractivity contribution >= 4 is 16.6 Å². The van der Waals surface area contributed by atoms with Gasteiger partial charge < -0.3 is 9.64 Å². The SMILES string of the molecule is COCc1ccc2c(N3CCCCCC3)cc(C)nc2c1.